The lowest BCUT2D eigenvalue weighted by molar-refractivity contribution is -0.133. The number of carbonyl (C=O) groups is 1. The fourth-order valence-electron chi connectivity index (χ4n) is 2.83. The van der Waals surface area contributed by atoms with Crippen molar-refractivity contribution in [2.24, 2.45) is 0 Å². The van der Waals surface area contributed by atoms with Crippen LogP contribution in [0, 0.1) is 13.8 Å². The zero-order valence-electron chi connectivity index (χ0n) is 12.2. The van der Waals surface area contributed by atoms with Crippen molar-refractivity contribution >= 4 is 5.91 Å². The van der Waals surface area contributed by atoms with Crippen LogP contribution in [0.3, 0.4) is 0 Å². The van der Waals surface area contributed by atoms with Gasteiger partial charge in [0.15, 0.2) is 0 Å². The number of aliphatic hydroxyl groups is 1. The van der Waals surface area contributed by atoms with E-state index in [0.717, 1.165) is 5.56 Å². The Bertz CT molecular complexity index is 494. The number of amides is 1. The molecule has 1 atom stereocenters. The van der Waals surface area contributed by atoms with Crippen molar-refractivity contribution in [3.05, 3.63) is 34.9 Å². The minimum Gasteiger partial charge on any atom is -0.391 e. The molecular weight excluding hydrogens is 238 g/mol. The van der Waals surface area contributed by atoms with Crippen LogP contribution in [0.15, 0.2) is 18.2 Å². The lowest BCUT2D eigenvalue weighted by Crippen LogP contribution is -2.43. The van der Waals surface area contributed by atoms with E-state index in [0.29, 0.717) is 19.4 Å². The van der Waals surface area contributed by atoms with Crippen LogP contribution in [0.1, 0.15) is 37.0 Å². The van der Waals surface area contributed by atoms with E-state index in [2.05, 4.69) is 26.0 Å². The Balaban J connectivity index is 2.11. The molecule has 0 bridgehead atoms. The molecule has 104 valence electrons. The second-order valence-corrected chi connectivity index (χ2v) is 6.27. The predicted octanol–water partition coefficient (Wildman–Crippen LogP) is 2.22. The highest BCUT2D eigenvalue weighted by Gasteiger charge is 2.40. The summed E-state index contributed by atoms with van der Waals surface area (Å²) in [6.07, 6.45) is 0.682. The van der Waals surface area contributed by atoms with Crippen molar-refractivity contribution in [3.8, 4) is 0 Å². The zero-order valence-corrected chi connectivity index (χ0v) is 12.2. The summed E-state index contributed by atoms with van der Waals surface area (Å²) in [4.78, 5) is 14.2. The third kappa shape index (κ3) is 2.98. The van der Waals surface area contributed by atoms with Gasteiger partial charge in [0.1, 0.15) is 0 Å². The van der Waals surface area contributed by atoms with Crippen LogP contribution >= 0.6 is 0 Å². The second kappa shape index (κ2) is 4.97. The highest BCUT2D eigenvalue weighted by molar-refractivity contribution is 5.80. The van der Waals surface area contributed by atoms with Gasteiger partial charge in [-0.05, 0) is 50.8 Å². The second-order valence-electron chi connectivity index (χ2n) is 6.27. The highest BCUT2D eigenvalue weighted by Crippen LogP contribution is 2.29. The Hall–Kier alpha value is -1.35. The summed E-state index contributed by atoms with van der Waals surface area (Å²) < 4.78 is 0. The molecule has 1 aliphatic rings. The number of aliphatic hydroxyl groups excluding tert-OH is 1. The quantitative estimate of drug-likeness (QED) is 0.886. The fraction of sp³-hybridized carbons (Fsp3) is 0.562. The van der Waals surface area contributed by atoms with Gasteiger partial charge in [0, 0.05) is 12.1 Å². The number of carbonyl (C=O) groups excluding carboxylic acids is 1. The Morgan fingerprint density at radius 2 is 2.05 bits per heavy atom. The molecule has 0 aliphatic carbocycles. The highest BCUT2D eigenvalue weighted by atomic mass is 16.3. The smallest absolute Gasteiger partial charge is 0.227 e. The van der Waals surface area contributed by atoms with Gasteiger partial charge in [0.25, 0.3) is 0 Å². The lowest BCUT2D eigenvalue weighted by atomic mass is 10.00. The van der Waals surface area contributed by atoms with Crippen molar-refractivity contribution in [1.82, 2.24) is 4.90 Å². The van der Waals surface area contributed by atoms with Crippen molar-refractivity contribution in [2.45, 2.75) is 52.2 Å². The van der Waals surface area contributed by atoms with Gasteiger partial charge in [-0.15, -0.1) is 0 Å². The minimum atomic E-state index is -0.390. The molecule has 1 aromatic rings. The summed E-state index contributed by atoms with van der Waals surface area (Å²) in [5.41, 5.74) is 3.26. The molecule has 19 heavy (non-hydrogen) atoms. The molecule has 1 unspecified atom stereocenters. The molecule has 1 aliphatic heterocycles. The molecule has 3 nitrogen and oxygen atoms in total. The van der Waals surface area contributed by atoms with E-state index in [-0.39, 0.29) is 11.4 Å². The first-order valence-electron chi connectivity index (χ1n) is 6.84. The fourth-order valence-corrected chi connectivity index (χ4v) is 2.83. The summed E-state index contributed by atoms with van der Waals surface area (Å²) in [5.74, 6) is 0.102. The lowest BCUT2D eigenvalue weighted by Gasteiger charge is -2.31. The molecule has 1 saturated heterocycles. The maximum Gasteiger partial charge on any atom is 0.227 e. The summed E-state index contributed by atoms with van der Waals surface area (Å²) in [6.45, 7) is 8.62. The largest absolute Gasteiger partial charge is 0.391 e. The van der Waals surface area contributed by atoms with Gasteiger partial charge >= 0.3 is 0 Å². The van der Waals surface area contributed by atoms with E-state index in [1.165, 1.54) is 11.1 Å². The number of hydrogen-bond donors (Lipinski definition) is 1. The van der Waals surface area contributed by atoms with Crippen molar-refractivity contribution in [3.63, 3.8) is 0 Å². The number of likely N-dealkylation sites (tertiary alicyclic amines) is 1. The average molecular weight is 261 g/mol. The van der Waals surface area contributed by atoms with Gasteiger partial charge in [-0.1, -0.05) is 18.2 Å². The Morgan fingerprint density at radius 1 is 1.37 bits per heavy atom. The van der Waals surface area contributed by atoms with Crippen LogP contribution in [0.25, 0.3) is 0 Å². The number of β-amino-alcohol motifs (C(OH)–C–C–N with tert-alkyl or cyclic N) is 1. The molecule has 0 radical (unpaired) electrons. The Morgan fingerprint density at radius 3 is 2.58 bits per heavy atom. The third-order valence-corrected chi connectivity index (χ3v) is 4.09. The number of nitrogens with zero attached hydrogens (tertiary/aromatic N) is 1. The van der Waals surface area contributed by atoms with Crippen molar-refractivity contribution in [1.29, 1.82) is 0 Å². The van der Waals surface area contributed by atoms with E-state index in [9.17, 15) is 9.90 Å². The summed E-state index contributed by atoms with van der Waals surface area (Å²) in [6, 6.07) is 6.15. The van der Waals surface area contributed by atoms with Crippen LogP contribution in [0.2, 0.25) is 0 Å². The minimum absolute atomic E-state index is 0.102. The summed E-state index contributed by atoms with van der Waals surface area (Å²) >= 11 is 0. The molecule has 1 aromatic carbocycles. The van der Waals surface area contributed by atoms with E-state index >= 15 is 0 Å². The molecule has 3 heteroatoms. The van der Waals surface area contributed by atoms with Gasteiger partial charge in [0.05, 0.1) is 12.5 Å². The summed E-state index contributed by atoms with van der Waals surface area (Å²) in [7, 11) is 0. The van der Waals surface area contributed by atoms with Crippen LogP contribution in [-0.2, 0) is 11.2 Å². The first-order valence-corrected chi connectivity index (χ1v) is 6.84. The first kappa shape index (κ1) is 14.1. The van der Waals surface area contributed by atoms with E-state index in [1.54, 1.807) is 0 Å². The first-order chi connectivity index (χ1) is 8.79. The van der Waals surface area contributed by atoms with Gasteiger partial charge in [0.2, 0.25) is 5.91 Å². The molecular formula is C16H23NO2. The number of benzene rings is 1. The SMILES string of the molecule is Cc1ccc(CC(=O)N2CC(O)CC2(C)C)cc1C. The molecule has 1 amide bonds. The van der Waals surface area contributed by atoms with Crippen LogP contribution in [0.4, 0.5) is 0 Å². The predicted molar refractivity (Wildman–Crippen MR) is 76.0 cm³/mol. The number of hydrogen-bond acceptors (Lipinski definition) is 2. The molecule has 2 rings (SSSR count). The van der Waals surface area contributed by atoms with Gasteiger partial charge in [-0.3, -0.25) is 4.79 Å². The Labute approximate surface area is 115 Å². The maximum atomic E-state index is 12.4. The van der Waals surface area contributed by atoms with Crippen LogP contribution < -0.4 is 0 Å². The van der Waals surface area contributed by atoms with Crippen molar-refractivity contribution in [2.75, 3.05) is 6.54 Å². The van der Waals surface area contributed by atoms with E-state index in [4.69, 9.17) is 0 Å². The van der Waals surface area contributed by atoms with Gasteiger partial charge in [-0.2, -0.15) is 0 Å². The van der Waals surface area contributed by atoms with Gasteiger partial charge < -0.3 is 10.0 Å². The molecule has 1 fully saturated rings. The molecule has 0 spiro atoms. The number of rotatable bonds is 2. The average Bonchev–Trinajstić information content (AvgIpc) is 2.57. The monoisotopic (exact) mass is 261 g/mol. The van der Waals surface area contributed by atoms with Gasteiger partial charge in [-0.25, -0.2) is 0 Å². The third-order valence-electron chi connectivity index (χ3n) is 4.09. The van der Waals surface area contributed by atoms with Crippen LogP contribution in [-0.4, -0.2) is 34.1 Å². The van der Waals surface area contributed by atoms with E-state index < -0.39 is 6.10 Å². The Kier molecular flexibility index (Phi) is 3.68. The topological polar surface area (TPSA) is 40.5 Å². The number of aryl methyl sites for hydroxylation is 2. The maximum absolute atomic E-state index is 12.4. The van der Waals surface area contributed by atoms with Crippen LogP contribution in [0.5, 0.6) is 0 Å². The normalized spacial score (nSPS) is 21.7. The molecule has 0 aromatic heterocycles. The standard InChI is InChI=1S/C16H23NO2/c1-11-5-6-13(7-12(11)2)8-15(19)17-10-14(18)9-16(17,3)4/h5-7,14,18H,8-10H2,1-4H3. The summed E-state index contributed by atoms with van der Waals surface area (Å²) in [5, 5.41) is 9.74. The molecule has 1 heterocycles. The van der Waals surface area contributed by atoms with Crippen molar-refractivity contribution < 1.29 is 9.90 Å². The van der Waals surface area contributed by atoms with E-state index in [1.807, 2.05) is 24.8 Å². The molecule has 1 N–H and O–H groups in total. The zero-order chi connectivity index (χ0) is 14.2. The molecule has 0 saturated carbocycles.